The zero-order chi connectivity index (χ0) is 17.6. The third kappa shape index (κ3) is 4.21. The molecule has 0 aliphatic carbocycles. The molecule has 1 heterocycles. The minimum atomic E-state index is -0.545. The van der Waals surface area contributed by atoms with E-state index < -0.39 is 10.9 Å². The summed E-state index contributed by atoms with van der Waals surface area (Å²) in [6.07, 6.45) is 2.94. The second-order valence-electron chi connectivity index (χ2n) is 5.31. The Labute approximate surface area is 143 Å². The average molecular weight is 341 g/mol. The summed E-state index contributed by atoms with van der Waals surface area (Å²) in [4.78, 5) is 22.4. The molecule has 0 saturated heterocycles. The van der Waals surface area contributed by atoms with Gasteiger partial charge in [-0.2, -0.15) is 0 Å². The van der Waals surface area contributed by atoms with Gasteiger partial charge in [-0.3, -0.25) is 10.1 Å². The molecule has 3 rings (SSSR count). The Bertz CT molecular complexity index is 816. The molecule has 0 fully saturated rings. The fourth-order valence-electron chi connectivity index (χ4n) is 2.42. The molecule has 0 saturated carbocycles. The lowest BCUT2D eigenvalue weighted by atomic mass is 10.1. The smallest absolute Gasteiger partial charge is 0.331 e. The quantitative estimate of drug-likeness (QED) is 0.359. The van der Waals surface area contributed by atoms with Crippen molar-refractivity contribution in [1.29, 1.82) is 0 Å². The fraction of sp³-hybridized carbons (Fsp3) is 0.167. The molecule has 0 radical (unpaired) electrons. The number of nitrogens with zero attached hydrogens (tertiary/aromatic N) is 1. The van der Waals surface area contributed by atoms with E-state index in [-0.39, 0.29) is 25.7 Å². The maximum absolute atomic E-state index is 11.9. The molecule has 0 aromatic heterocycles. The number of nitro groups is 1. The van der Waals surface area contributed by atoms with Crippen LogP contribution in [0.5, 0.6) is 5.75 Å². The Morgan fingerprint density at radius 3 is 2.84 bits per heavy atom. The Kier molecular flexibility index (Phi) is 5.06. The fourth-order valence-corrected chi connectivity index (χ4v) is 2.42. The minimum Gasteiger partial charge on any atom is -0.467 e. The summed E-state index contributed by atoms with van der Waals surface area (Å²) < 4.78 is 15.7. The van der Waals surface area contributed by atoms with Gasteiger partial charge in [0.2, 0.25) is 0 Å². The third-order valence-corrected chi connectivity index (χ3v) is 3.56. The van der Waals surface area contributed by atoms with E-state index in [0.717, 1.165) is 5.56 Å². The van der Waals surface area contributed by atoms with E-state index in [4.69, 9.17) is 14.2 Å². The first kappa shape index (κ1) is 16.7. The van der Waals surface area contributed by atoms with Crippen LogP contribution in [0.2, 0.25) is 0 Å². The lowest BCUT2D eigenvalue weighted by Crippen LogP contribution is -2.14. The number of hydrogen-bond donors (Lipinski definition) is 0. The van der Waals surface area contributed by atoms with Crippen molar-refractivity contribution < 1.29 is 23.9 Å². The van der Waals surface area contributed by atoms with Crippen molar-refractivity contribution in [2.24, 2.45) is 0 Å². The second kappa shape index (κ2) is 7.59. The zero-order valence-electron chi connectivity index (χ0n) is 13.2. The summed E-state index contributed by atoms with van der Waals surface area (Å²) in [6, 6.07) is 12.1. The molecule has 25 heavy (non-hydrogen) atoms. The molecule has 1 aliphatic heterocycles. The van der Waals surface area contributed by atoms with Gasteiger partial charge in [0, 0.05) is 29.3 Å². The molecule has 2 aromatic carbocycles. The number of carbonyl (C=O) groups is 1. The molecule has 0 N–H and O–H groups in total. The maximum Gasteiger partial charge on any atom is 0.331 e. The van der Waals surface area contributed by atoms with Gasteiger partial charge in [0.15, 0.2) is 6.79 Å². The Balaban J connectivity index is 1.72. The van der Waals surface area contributed by atoms with E-state index in [1.54, 1.807) is 6.08 Å². The van der Waals surface area contributed by atoms with Crippen molar-refractivity contribution in [1.82, 2.24) is 0 Å². The number of ether oxygens (including phenoxy) is 3. The van der Waals surface area contributed by atoms with Crippen molar-refractivity contribution in [3.8, 4) is 5.75 Å². The topological polar surface area (TPSA) is 87.9 Å². The van der Waals surface area contributed by atoms with E-state index in [9.17, 15) is 14.9 Å². The standard InChI is InChI=1S/C18H15NO6/c20-17(7-6-13-4-2-1-3-5-13)24-11-15-9-16(19(21)22)8-14-10-23-12-25-18(14)15/h1-9H,10-12H2/b7-6+. The number of carbonyl (C=O) groups excluding carboxylic acids is 1. The van der Waals surface area contributed by atoms with E-state index in [1.807, 2.05) is 30.3 Å². The normalized spacial score (nSPS) is 13.1. The predicted molar refractivity (Wildman–Crippen MR) is 88.7 cm³/mol. The third-order valence-electron chi connectivity index (χ3n) is 3.56. The van der Waals surface area contributed by atoms with Crippen LogP contribution < -0.4 is 4.74 Å². The van der Waals surface area contributed by atoms with Crippen LogP contribution in [0.4, 0.5) is 5.69 Å². The number of non-ortho nitro benzene ring substituents is 1. The van der Waals surface area contributed by atoms with Gasteiger partial charge in [-0.15, -0.1) is 0 Å². The number of benzene rings is 2. The Morgan fingerprint density at radius 2 is 2.08 bits per heavy atom. The average Bonchev–Trinajstić information content (AvgIpc) is 2.65. The molecular formula is C18H15NO6. The van der Waals surface area contributed by atoms with Crippen molar-refractivity contribution in [3.05, 3.63) is 75.3 Å². The molecule has 0 spiro atoms. The van der Waals surface area contributed by atoms with Gasteiger partial charge < -0.3 is 14.2 Å². The van der Waals surface area contributed by atoms with Crippen LogP contribution in [0, 0.1) is 10.1 Å². The molecule has 7 heteroatoms. The SMILES string of the molecule is O=C(/C=C/c1ccccc1)OCc1cc([N+](=O)[O-])cc2c1OCOC2. The maximum atomic E-state index is 11.9. The molecule has 128 valence electrons. The summed E-state index contributed by atoms with van der Waals surface area (Å²) in [5, 5.41) is 11.0. The largest absolute Gasteiger partial charge is 0.467 e. The van der Waals surface area contributed by atoms with Crippen LogP contribution in [0.1, 0.15) is 16.7 Å². The highest BCUT2D eigenvalue weighted by molar-refractivity contribution is 5.87. The van der Waals surface area contributed by atoms with Gasteiger partial charge in [0.25, 0.3) is 5.69 Å². The first-order chi connectivity index (χ1) is 12.1. The Hall–Kier alpha value is -3.19. The number of fused-ring (bicyclic) bond motifs is 1. The van der Waals surface area contributed by atoms with Crippen molar-refractivity contribution in [2.45, 2.75) is 13.2 Å². The minimum absolute atomic E-state index is 0.0552. The molecule has 0 amide bonds. The summed E-state index contributed by atoms with van der Waals surface area (Å²) in [5.41, 5.74) is 1.77. The summed E-state index contributed by atoms with van der Waals surface area (Å²) in [5.74, 6) is -0.0761. The monoisotopic (exact) mass is 341 g/mol. The molecule has 2 aromatic rings. The summed E-state index contributed by atoms with van der Waals surface area (Å²) in [6.45, 7) is 0.146. The summed E-state index contributed by atoms with van der Waals surface area (Å²) in [7, 11) is 0. The van der Waals surface area contributed by atoms with Crippen molar-refractivity contribution in [2.75, 3.05) is 6.79 Å². The zero-order valence-corrected chi connectivity index (χ0v) is 13.2. The lowest BCUT2D eigenvalue weighted by molar-refractivity contribution is -0.385. The first-order valence-electron chi connectivity index (χ1n) is 7.54. The Morgan fingerprint density at radius 1 is 1.28 bits per heavy atom. The van der Waals surface area contributed by atoms with Crippen LogP contribution in [0.25, 0.3) is 6.08 Å². The highest BCUT2D eigenvalue weighted by Crippen LogP contribution is 2.33. The van der Waals surface area contributed by atoms with Gasteiger partial charge in [-0.05, 0) is 11.6 Å². The number of esters is 1. The number of rotatable bonds is 5. The molecule has 0 bridgehead atoms. The van der Waals surface area contributed by atoms with Crippen molar-refractivity contribution >= 4 is 17.7 Å². The lowest BCUT2D eigenvalue weighted by Gasteiger charge is -2.20. The molecule has 1 aliphatic rings. The summed E-state index contributed by atoms with van der Waals surface area (Å²) >= 11 is 0. The van der Waals surface area contributed by atoms with Crippen LogP contribution >= 0.6 is 0 Å². The van der Waals surface area contributed by atoms with E-state index >= 15 is 0 Å². The van der Waals surface area contributed by atoms with Crippen LogP contribution in [0.3, 0.4) is 0 Å². The van der Waals surface area contributed by atoms with Gasteiger partial charge in [0.1, 0.15) is 12.4 Å². The van der Waals surface area contributed by atoms with Crippen LogP contribution in [-0.4, -0.2) is 17.7 Å². The highest BCUT2D eigenvalue weighted by atomic mass is 16.7. The van der Waals surface area contributed by atoms with Crippen LogP contribution in [0.15, 0.2) is 48.5 Å². The van der Waals surface area contributed by atoms with E-state index in [0.29, 0.717) is 16.9 Å². The van der Waals surface area contributed by atoms with Gasteiger partial charge in [-0.1, -0.05) is 30.3 Å². The predicted octanol–water partition coefficient (Wildman–Crippen LogP) is 3.22. The van der Waals surface area contributed by atoms with E-state index in [1.165, 1.54) is 18.2 Å². The van der Waals surface area contributed by atoms with Crippen molar-refractivity contribution in [3.63, 3.8) is 0 Å². The molecule has 7 nitrogen and oxygen atoms in total. The van der Waals surface area contributed by atoms with E-state index in [2.05, 4.69) is 0 Å². The molecule has 0 unspecified atom stereocenters. The molecular weight excluding hydrogens is 326 g/mol. The number of hydrogen-bond acceptors (Lipinski definition) is 6. The van der Waals surface area contributed by atoms with Crippen LogP contribution in [-0.2, 0) is 27.5 Å². The van der Waals surface area contributed by atoms with Gasteiger partial charge in [-0.25, -0.2) is 4.79 Å². The second-order valence-corrected chi connectivity index (χ2v) is 5.31. The molecule has 0 atom stereocenters. The highest BCUT2D eigenvalue weighted by Gasteiger charge is 2.21. The van der Waals surface area contributed by atoms with Gasteiger partial charge >= 0.3 is 5.97 Å². The first-order valence-corrected chi connectivity index (χ1v) is 7.54. The van der Waals surface area contributed by atoms with Gasteiger partial charge in [0.05, 0.1) is 11.5 Å². The number of nitro benzene ring substituents is 1.